The third-order valence-electron chi connectivity index (χ3n) is 6.96. The summed E-state index contributed by atoms with van der Waals surface area (Å²) in [5, 5.41) is 24.2. The van der Waals surface area contributed by atoms with Crippen LogP contribution in [0.25, 0.3) is 0 Å². The van der Waals surface area contributed by atoms with Crippen LogP contribution in [0.5, 0.6) is 5.75 Å². The minimum absolute atomic E-state index is 0.00281. The number of hydrogen-bond acceptors (Lipinski definition) is 6. The minimum Gasteiger partial charge on any atom is -0.508 e. The lowest BCUT2D eigenvalue weighted by Gasteiger charge is -2.33. The molecule has 3 N–H and O–H groups in total. The van der Waals surface area contributed by atoms with Crippen molar-refractivity contribution in [1.82, 2.24) is 10.2 Å². The smallest absolute Gasteiger partial charge is 0.254 e. The van der Waals surface area contributed by atoms with Crippen molar-refractivity contribution in [1.29, 1.82) is 0 Å². The molecule has 7 nitrogen and oxygen atoms in total. The van der Waals surface area contributed by atoms with Crippen LogP contribution < -0.4 is 5.32 Å². The van der Waals surface area contributed by atoms with Crippen molar-refractivity contribution in [2.24, 2.45) is 0 Å². The van der Waals surface area contributed by atoms with Gasteiger partial charge in [0.05, 0.1) is 11.9 Å². The number of thioether (sulfide) groups is 1. The van der Waals surface area contributed by atoms with Gasteiger partial charge in [-0.05, 0) is 51.3 Å². The Hall–Kier alpha value is -2.84. The van der Waals surface area contributed by atoms with E-state index in [-0.39, 0.29) is 23.5 Å². The van der Waals surface area contributed by atoms with Gasteiger partial charge in [-0.1, -0.05) is 56.2 Å². The molecule has 1 aliphatic rings. The zero-order chi connectivity index (χ0) is 27.2. The molecule has 0 unspecified atom stereocenters. The van der Waals surface area contributed by atoms with Crippen molar-refractivity contribution >= 4 is 29.4 Å². The number of amides is 2. The number of carbonyl (C=O) groups excluding carboxylic acids is 3. The molecule has 0 radical (unpaired) electrons. The van der Waals surface area contributed by atoms with Gasteiger partial charge in [-0.2, -0.15) is 0 Å². The molecule has 2 aromatic rings. The number of aliphatic hydroxyl groups is 1. The van der Waals surface area contributed by atoms with Gasteiger partial charge in [0, 0.05) is 22.3 Å². The van der Waals surface area contributed by atoms with E-state index < -0.39 is 34.7 Å². The first kappa shape index (κ1) is 28.7. The van der Waals surface area contributed by atoms with Crippen molar-refractivity contribution in [3.63, 3.8) is 0 Å². The Morgan fingerprint density at radius 3 is 2.49 bits per heavy atom. The number of hydrogen-bond donors (Lipinski definition) is 3. The number of nitrogens with one attached hydrogen (secondary N) is 1. The van der Waals surface area contributed by atoms with Crippen LogP contribution in [-0.4, -0.2) is 61.5 Å². The topological polar surface area (TPSA) is 107 Å². The Balaban J connectivity index is 1.86. The second-order valence-corrected chi connectivity index (χ2v) is 11.8. The van der Waals surface area contributed by atoms with Gasteiger partial charge in [0.2, 0.25) is 0 Å². The maximum Gasteiger partial charge on any atom is 0.254 e. The second-order valence-electron chi connectivity index (χ2n) is 10.2. The molecule has 2 amide bonds. The highest BCUT2D eigenvalue weighted by Gasteiger charge is 2.49. The lowest BCUT2D eigenvalue weighted by Crippen LogP contribution is -2.57. The SMILES string of the molecule is CCCCCC(=O)[C@H]1N(C(=O)[C@@H](O)[C@H](Cc2ccccc2)NC(=O)c2cccc(O)c2C)CSC1(C)C. The van der Waals surface area contributed by atoms with Crippen LogP contribution in [0, 0.1) is 6.92 Å². The molecule has 3 atom stereocenters. The molecule has 0 aromatic heterocycles. The molecule has 0 aliphatic carbocycles. The molecule has 0 bridgehead atoms. The quantitative estimate of drug-likeness (QED) is 0.378. The van der Waals surface area contributed by atoms with E-state index in [1.165, 1.54) is 22.7 Å². The zero-order valence-corrected chi connectivity index (χ0v) is 22.9. The number of rotatable bonds is 11. The summed E-state index contributed by atoms with van der Waals surface area (Å²) in [5.74, 6) is -0.775. The summed E-state index contributed by atoms with van der Waals surface area (Å²) in [7, 11) is 0. The van der Waals surface area contributed by atoms with E-state index in [0.717, 1.165) is 24.8 Å². The van der Waals surface area contributed by atoms with Crippen molar-refractivity contribution in [2.45, 2.75) is 82.7 Å². The van der Waals surface area contributed by atoms with Crippen LogP contribution in [-0.2, 0) is 16.0 Å². The van der Waals surface area contributed by atoms with Crippen LogP contribution in [0.4, 0.5) is 0 Å². The zero-order valence-electron chi connectivity index (χ0n) is 22.1. The number of unbranched alkanes of at least 4 members (excludes halogenated alkanes) is 2. The average molecular weight is 527 g/mol. The van der Waals surface area contributed by atoms with Gasteiger partial charge in [-0.15, -0.1) is 11.8 Å². The number of ketones is 1. The van der Waals surface area contributed by atoms with Gasteiger partial charge in [-0.3, -0.25) is 14.4 Å². The largest absolute Gasteiger partial charge is 0.508 e. The first-order chi connectivity index (χ1) is 17.6. The van der Waals surface area contributed by atoms with Crippen LogP contribution >= 0.6 is 11.8 Å². The minimum atomic E-state index is -1.55. The van der Waals surface area contributed by atoms with Crippen LogP contribution in [0.2, 0.25) is 0 Å². The molecular weight excluding hydrogens is 488 g/mol. The molecule has 200 valence electrons. The summed E-state index contributed by atoms with van der Waals surface area (Å²) in [4.78, 5) is 41.5. The number of phenols is 1. The first-order valence-electron chi connectivity index (χ1n) is 12.9. The average Bonchev–Trinajstić information content (AvgIpc) is 3.19. The highest BCUT2D eigenvalue weighted by molar-refractivity contribution is 8.00. The molecule has 1 fully saturated rings. The molecule has 0 spiro atoms. The standard InChI is InChI=1S/C29H38N2O5S/c1-5-6-8-15-24(33)26-29(3,4)37-18-31(26)28(36)25(34)22(17-20-12-9-7-10-13-20)30-27(35)21-14-11-16-23(32)19(21)2/h7,9-14,16,22,25-26,32,34H,5-6,8,15,17-18H2,1-4H3,(H,30,35)/t22-,25-,26+/m0/s1. The lowest BCUT2D eigenvalue weighted by molar-refractivity contribution is -0.146. The van der Waals surface area contributed by atoms with Gasteiger partial charge in [-0.25, -0.2) is 0 Å². The maximum atomic E-state index is 13.7. The highest BCUT2D eigenvalue weighted by atomic mass is 32.2. The Kier molecular flexibility index (Phi) is 9.79. The third kappa shape index (κ3) is 6.93. The number of phenolic OH excluding ortho intramolecular Hbond substituents is 1. The Bertz CT molecular complexity index is 1100. The maximum absolute atomic E-state index is 13.7. The van der Waals surface area contributed by atoms with E-state index in [2.05, 4.69) is 12.2 Å². The number of nitrogens with zero attached hydrogens (tertiary/aromatic N) is 1. The van der Waals surface area contributed by atoms with Crippen LogP contribution in [0.1, 0.15) is 67.9 Å². The number of aromatic hydroxyl groups is 1. The van der Waals surface area contributed by atoms with E-state index in [1.807, 2.05) is 44.2 Å². The van der Waals surface area contributed by atoms with E-state index >= 15 is 0 Å². The Morgan fingerprint density at radius 1 is 1.11 bits per heavy atom. The molecule has 37 heavy (non-hydrogen) atoms. The van der Waals surface area contributed by atoms with Crippen LogP contribution in [0.15, 0.2) is 48.5 Å². The van der Waals surface area contributed by atoms with Gasteiger partial charge in [0.25, 0.3) is 11.8 Å². The molecule has 0 saturated carbocycles. The Morgan fingerprint density at radius 2 is 1.81 bits per heavy atom. The molecule has 8 heteroatoms. The molecule has 1 saturated heterocycles. The monoisotopic (exact) mass is 526 g/mol. The molecular formula is C29H38N2O5S. The van der Waals surface area contributed by atoms with E-state index in [4.69, 9.17) is 0 Å². The molecule has 3 rings (SSSR count). The number of Topliss-reactive ketones (excluding diaryl/α,β-unsaturated/α-hetero) is 1. The predicted octanol–water partition coefficient (Wildman–Crippen LogP) is 4.23. The number of aliphatic hydroxyl groups excluding tert-OH is 1. The van der Waals surface area contributed by atoms with E-state index in [0.29, 0.717) is 17.9 Å². The summed E-state index contributed by atoms with van der Waals surface area (Å²) in [6.07, 6.45) is 1.77. The summed E-state index contributed by atoms with van der Waals surface area (Å²) in [6.45, 7) is 7.61. The van der Waals surface area contributed by atoms with Gasteiger partial charge < -0.3 is 20.4 Å². The van der Waals surface area contributed by atoms with Crippen molar-refractivity contribution in [3.8, 4) is 5.75 Å². The lowest BCUT2D eigenvalue weighted by atomic mass is 9.92. The van der Waals surface area contributed by atoms with Crippen molar-refractivity contribution in [2.75, 3.05) is 5.88 Å². The van der Waals surface area contributed by atoms with Crippen molar-refractivity contribution < 1.29 is 24.6 Å². The summed E-state index contributed by atoms with van der Waals surface area (Å²) < 4.78 is -0.477. The van der Waals surface area contributed by atoms with Gasteiger partial charge in [0.15, 0.2) is 11.9 Å². The van der Waals surface area contributed by atoms with Crippen LogP contribution in [0.3, 0.4) is 0 Å². The molecule has 1 aliphatic heterocycles. The fourth-order valence-electron chi connectivity index (χ4n) is 4.77. The first-order valence-corrected chi connectivity index (χ1v) is 13.8. The molecule has 1 heterocycles. The van der Waals surface area contributed by atoms with E-state index in [1.54, 1.807) is 19.1 Å². The Labute approximate surface area is 223 Å². The summed E-state index contributed by atoms with van der Waals surface area (Å²) >= 11 is 1.52. The van der Waals surface area contributed by atoms with E-state index in [9.17, 15) is 24.6 Å². The predicted molar refractivity (Wildman–Crippen MR) is 147 cm³/mol. The molecule has 2 aromatic carbocycles. The fraction of sp³-hybridized carbons (Fsp3) is 0.483. The highest BCUT2D eigenvalue weighted by Crippen LogP contribution is 2.40. The van der Waals surface area contributed by atoms with Gasteiger partial charge in [0.1, 0.15) is 11.8 Å². The second kappa shape index (κ2) is 12.6. The number of carbonyl (C=O) groups is 3. The summed E-state index contributed by atoms with van der Waals surface area (Å²) in [6, 6.07) is 12.4. The number of benzene rings is 2. The van der Waals surface area contributed by atoms with Crippen molar-refractivity contribution in [3.05, 3.63) is 65.2 Å². The third-order valence-corrected chi connectivity index (χ3v) is 8.33. The normalized spacial score (nSPS) is 18.3. The fourth-order valence-corrected chi connectivity index (χ4v) is 5.93. The summed E-state index contributed by atoms with van der Waals surface area (Å²) in [5.41, 5.74) is 1.52. The van der Waals surface area contributed by atoms with Gasteiger partial charge >= 0.3 is 0 Å².